The third-order valence-corrected chi connectivity index (χ3v) is 4.31. The molecule has 6 heteroatoms. The second-order valence-corrected chi connectivity index (χ2v) is 5.96. The summed E-state index contributed by atoms with van der Waals surface area (Å²) in [5.74, 6) is 0.0929. The summed E-state index contributed by atoms with van der Waals surface area (Å²) in [5, 5.41) is 0. The zero-order chi connectivity index (χ0) is 14.9. The molecule has 0 bridgehead atoms. The fourth-order valence-electron chi connectivity index (χ4n) is 2.75. The van der Waals surface area contributed by atoms with Gasteiger partial charge in [-0.2, -0.15) is 0 Å². The lowest BCUT2D eigenvalue weighted by Crippen LogP contribution is -2.47. The van der Waals surface area contributed by atoms with Crippen molar-refractivity contribution < 1.29 is 9.59 Å². The van der Waals surface area contributed by atoms with E-state index in [9.17, 15) is 9.59 Å². The Hall–Kier alpha value is -1.59. The standard InChI is InChI=1S/C16H21N3O2.ClH/c17-16(7-8-16)15(21)19-10-4-9-18(11-12-19)14(20)13-5-2-1-3-6-13;/h1-3,5-6H,4,7-12,17H2;1H. The molecule has 5 nitrogen and oxygen atoms in total. The number of hydrogen-bond acceptors (Lipinski definition) is 3. The lowest BCUT2D eigenvalue weighted by molar-refractivity contribution is -0.133. The maximum atomic E-state index is 12.4. The number of halogens is 1. The van der Waals surface area contributed by atoms with Gasteiger partial charge in [-0.25, -0.2) is 0 Å². The highest BCUT2D eigenvalue weighted by Crippen LogP contribution is 2.34. The average molecular weight is 324 g/mol. The Bertz CT molecular complexity index is 546. The van der Waals surface area contributed by atoms with E-state index in [-0.39, 0.29) is 24.2 Å². The van der Waals surface area contributed by atoms with Crippen LogP contribution in [0, 0.1) is 0 Å². The summed E-state index contributed by atoms with van der Waals surface area (Å²) in [5.41, 5.74) is 6.08. The number of rotatable bonds is 2. The van der Waals surface area contributed by atoms with Gasteiger partial charge in [0, 0.05) is 31.7 Å². The van der Waals surface area contributed by atoms with Crippen LogP contribution < -0.4 is 5.73 Å². The molecule has 120 valence electrons. The normalized spacial score (nSPS) is 19.9. The average Bonchev–Trinajstić information content (AvgIpc) is 3.30. The minimum Gasteiger partial charge on any atom is -0.339 e. The van der Waals surface area contributed by atoms with E-state index < -0.39 is 5.54 Å². The van der Waals surface area contributed by atoms with Crippen LogP contribution >= 0.6 is 12.4 Å². The van der Waals surface area contributed by atoms with Crippen molar-refractivity contribution in [2.45, 2.75) is 24.8 Å². The van der Waals surface area contributed by atoms with Gasteiger partial charge in [0.25, 0.3) is 5.91 Å². The van der Waals surface area contributed by atoms with Crippen LogP contribution in [-0.2, 0) is 4.79 Å². The lowest BCUT2D eigenvalue weighted by atomic mass is 10.2. The van der Waals surface area contributed by atoms with Crippen LogP contribution in [-0.4, -0.2) is 53.3 Å². The summed E-state index contributed by atoms with van der Waals surface area (Å²) in [6, 6.07) is 9.29. The van der Waals surface area contributed by atoms with Gasteiger partial charge >= 0.3 is 0 Å². The number of hydrogen-bond donors (Lipinski definition) is 1. The first-order chi connectivity index (χ1) is 10.1. The molecule has 1 aromatic carbocycles. The molecule has 2 fully saturated rings. The van der Waals surface area contributed by atoms with Crippen LogP contribution in [0.15, 0.2) is 30.3 Å². The fourth-order valence-corrected chi connectivity index (χ4v) is 2.75. The van der Waals surface area contributed by atoms with Crippen LogP contribution in [0.3, 0.4) is 0 Å². The molecule has 2 amide bonds. The molecule has 0 spiro atoms. The summed E-state index contributed by atoms with van der Waals surface area (Å²) in [6.45, 7) is 2.54. The Morgan fingerprint density at radius 1 is 0.955 bits per heavy atom. The summed E-state index contributed by atoms with van der Waals surface area (Å²) in [6.07, 6.45) is 2.38. The highest BCUT2D eigenvalue weighted by Gasteiger charge is 2.48. The molecule has 2 N–H and O–H groups in total. The van der Waals surface area contributed by atoms with Crippen molar-refractivity contribution in [3.63, 3.8) is 0 Å². The van der Waals surface area contributed by atoms with Crippen LogP contribution in [0.5, 0.6) is 0 Å². The number of benzene rings is 1. The topological polar surface area (TPSA) is 66.6 Å². The van der Waals surface area contributed by atoms with Gasteiger partial charge in [0.1, 0.15) is 0 Å². The zero-order valence-corrected chi connectivity index (χ0v) is 13.3. The first-order valence-corrected chi connectivity index (χ1v) is 7.53. The Balaban J connectivity index is 0.00000176. The summed E-state index contributed by atoms with van der Waals surface area (Å²) in [7, 11) is 0. The Labute approximate surface area is 136 Å². The van der Waals surface area contributed by atoms with E-state index in [0.29, 0.717) is 31.7 Å². The van der Waals surface area contributed by atoms with Crippen molar-refractivity contribution in [1.82, 2.24) is 9.80 Å². The molecular formula is C16H22ClN3O2. The predicted molar refractivity (Wildman–Crippen MR) is 86.9 cm³/mol. The molecule has 1 heterocycles. The summed E-state index contributed by atoms with van der Waals surface area (Å²) in [4.78, 5) is 28.4. The van der Waals surface area contributed by atoms with Gasteiger partial charge < -0.3 is 15.5 Å². The van der Waals surface area contributed by atoms with Crippen molar-refractivity contribution in [1.29, 1.82) is 0 Å². The molecule has 1 aliphatic heterocycles. The first-order valence-electron chi connectivity index (χ1n) is 7.53. The number of carbonyl (C=O) groups is 2. The van der Waals surface area contributed by atoms with E-state index in [4.69, 9.17) is 5.73 Å². The smallest absolute Gasteiger partial charge is 0.253 e. The van der Waals surface area contributed by atoms with E-state index in [1.807, 2.05) is 40.1 Å². The van der Waals surface area contributed by atoms with E-state index >= 15 is 0 Å². The molecular weight excluding hydrogens is 302 g/mol. The molecule has 3 rings (SSSR count). The molecule has 0 atom stereocenters. The van der Waals surface area contributed by atoms with E-state index in [1.165, 1.54) is 0 Å². The number of carbonyl (C=O) groups excluding carboxylic acids is 2. The largest absolute Gasteiger partial charge is 0.339 e. The molecule has 2 aliphatic rings. The summed E-state index contributed by atoms with van der Waals surface area (Å²) < 4.78 is 0. The van der Waals surface area contributed by atoms with Gasteiger partial charge in [-0.1, -0.05) is 18.2 Å². The van der Waals surface area contributed by atoms with Crippen LogP contribution in [0.1, 0.15) is 29.6 Å². The molecule has 1 aliphatic carbocycles. The van der Waals surface area contributed by atoms with E-state index in [0.717, 1.165) is 19.3 Å². The Kier molecular flexibility index (Phi) is 5.08. The van der Waals surface area contributed by atoms with E-state index in [2.05, 4.69) is 0 Å². The molecule has 22 heavy (non-hydrogen) atoms. The van der Waals surface area contributed by atoms with Crippen LogP contribution in [0.2, 0.25) is 0 Å². The van der Waals surface area contributed by atoms with Crippen molar-refractivity contribution >= 4 is 24.2 Å². The van der Waals surface area contributed by atoms with Crippen molar-refractivity contribution in [3.05, 3.63) is 35.9 Å². The highest BCUT2D eigenvalue weighted by molar-refractivity contribution is 5.94. The monoisotopic (exact) mass is 323 g/mol. The van der Waals surface area contributed by atoms with Crippen LogP contribution in [0.25, 0.3) is 0 Å². The van der Waals surface area contributed by atoms with Crippen LogP contribution in [0.4, 0.5) is 0 Å². The molecule has 1 aromatic rings. The quantitative estimate of drug-likeness (QED) is 0.891. The van der Waals surface area contributed by atoms with Crippen molar-refractivity contribution in [3.8, 4) is 0 Å². The van der Waals surface area contributed by atoms with Gasteiger partial charge in [-0.3, -0.25) is 9.59 Å². The number of nitrogens with two attached hydrogens (primary N) is 1. The molecule has 1 saturated heterocycles. The minimum absolute atomic E-state index is 0. The maximum Gasteiger partial charge on any atom is 0.253 e. The van der Waals surface area contributed by atoms with Gasteiger partial charge in [-0.15, -0.1) is 12.4 Å². The Morgan fingerprint density at radius 3 is 2.18 bits per heavy atom. The predicted octanol–water partition coefficient (Wildman–Crippen LogP) is 1.27. The van der Waals surface area contributed by atoms with E-state index in [1.54, 1.807) is 0 Å². The van der Waals surface area contributed by atoms with Crippen molar-refractivity contribution in [2.75, 3.05) is 26.2 Å². The lowest BCUT2D eigenvalue weighted by Gasteiger charge is -2.24. The molecule has 0 radical (unpaired) electrons. The van der Waals surface area contributed by atoms with Gasteiger partial charge in [0.05, 0.1) is 5.54 Å². The number of amides is 2. The van der Waals surface area contributed by atoms with Gasteiger partial charge in [-0.05, 0) is 31.4 Å². The second-order valence-electron chi connectivity index (χ2n) is 5.96. The maximum absolute atomic E-state index is 12.4. The first kappa shape index (κ1) is 16.8. The van der Waals surface area contributed by atoms with Crippen molar-refractivity contribution in [2.24, 2.45) is 5.73 Å². The molecule has 1 saturated carbocycles. The van der Waals surface area contributed by atoms with Gasteiger partial charge in [0.15, 0.2) is 0 Å². The zero-order valence-electron chi connectivity index (χ0n) is 12.5. The fraction of sp³-hybridized carbons (Fsp3) is 0.500. The number of nitrogens with zero attached hydrogens (tertiary/aromatic N) is 2. The highest BCUT2D eigenvalue weighted by atomic mass is 35.5. The van der Waals surface area contributed by atoms with Gasteiger partial charge in [0.2, 0.25) is 5.91 Å². The minimum atomic E-state index is -0.612. The second kappa shape index (κ2) is 6.67. The Morgan fingerprint density at radius 2 is 1.55 bits per heavy atom. The summed E-state index contributed by atoms with van der Waals surface area (Å²) >= 11 is 0. The third-order valence-electron chi connectivity index (χ3n) is 4.31. The third kappa shape index (κ3) is 3.42. The molecule has 0 aromatic heterocycles. The molecule has 0 unspecified atom stereocenters. The SMILES string of the molecule is Cl.NC1(C(=O)N2CCCN(C(=O)c3ccccc3)CC2)CC1.